The van der Waals surface area contributed by atoms with Crippen LogP contribution in [0.25, 0.3) is 0 Å². The van der Waals surface area contributed by atoms with Gasteiger partial charge in [-0.3, -0.25) is 9.68 Å². The van der Waals surface area contributed by atoms with Gasteiger partial charge in [0.1, 0.15) is 0 Å². The molecule has 0 aromatic rings. The van der Waals surface area contributed by atoms with Gasteiger partial charge in [0, 0.05) is 12.8 Å². The number of aliphatic carboxylic acids is 1. The monoisotopic (exact) mass is 260 g/mol. The van der Waals surface area contributed by atoms with E-state index in [0.717, 1.165) is 38.5 Å². The van der Waals surface area contributed by atoms with Gasteiger partial charge in [-0.05, 0) is 19.3 Å². The Morgan fingerprint density at radius 1 is 0.944 bits per heavy atom. The zero-order valence-electron chi connectivity index (χ0n) is 11.2. The summed E-state index contributed by atoms with van der Waals surface area (Å²) in [5, 5.41) is 8.43. The predicted molar refractivity (Wildman–Crippen MR) is 66.9 cm³/mol. The number of carbonyl (C=O) groups is 2. The van der Waals surface area contributed by atoms with Gasteiger partial charge in [0.25, 0.3) is 0 Å². The van der Waals surface area contributed by atoms with Crippen LogP contribution in [0.1, 0.15) is 64.7 Å². The van der Waals surface area contributed by atoms with E-state index >= 15 is 0 Å². The molecule has 0 amide bonds. The number of hydrogen-bond donors (Lipinski definition) is 1. The van der Waals surface area contributed by atoms with Crippen molar-refractivity contribution in [2.24, 2.45) is 0 Å². The summed E-state index contributed by atoms with van der Waals surface area (Å²) in [6.07, 6.45) is 6.74. The molecule has 0 radical (unpaired) electrons. The van der Waals surface area contributed by atoms with Crippen molar-refractivity contribution in [3.63, 3.8) is 0 Å². The number of carboxylic acids is 1. The van der Waals surface area contributed by atoms with Gasteiger partial charge in [-0.2, -0.15) is 4.89 Å². The van der Waals surface area contributed by atoms with Crippen LogP contribution >= 0.6 is 0 Å². The molecule has 0 unspecified atom stereocenters. The number of rotatable bonds is 12. The maximum absolute atomic E-state index is 11.2. The SMILES string of the molecule is CCCCOOC(=O)CCCCCCCC(=O)O. The van der Waals surface area contributed by atoms with Crippen molar-refractivity contribution in [2.75, 3.05) is 6.61 Å². The molecule has 0 rings (SSSR count). The third-order valence-corrected chi connectivity index (χ3v) is 2.50. The molecule has 0 aromatic carbocycles. The van der Waals surface area contributed by atoms with Crippen molar-refractivity contribution in [3.8, 4) is 0 Å². The smallest absolute Gasteiger partial charge is 0.342 e. The third-order valence-electron chi connectivity index (χ3n) is 2.50. The van der Waals surface area contributed by atoms with Gasteiger partial charge in [0.15, 0.2) is 0 Å². The van der Waals surface area contributed by atoms with Crippen molar-refractivity contribution in [2.45, 2.75) is 64.7 Å². The van der Waals surface area contributed by atoms with Crippen LogP contribution in [0.4, 0.5) is 0 Å². The number of hydrogen-bond acceptors (Lipinski definition) is 4. The Morgan fingerprint density at radius 3 is 2.17 bits per heavy atom. The molecule has 0 aliphatic carbocycles. The van der Waals surface area contributed by atoms with Crippen LogP contribution in [0.5, 0.6) is 0 Å². The molecule has 5 heteroatoms. The Labute approximate surface area is 108 Å². The summed E-state index contributed by atoms with van der Waals surface area (Å²) in [6.45, 7) is 2.49. The zero-order chi connectivity index (χ0) is 13.6. The average molecular weight is 260 g/mol. The van der Waals surface area contributed by atoms with Gasteiger partial charge in [-0.1, -0.05) is 32.6 Å². The molecule has 0 heterocycles. The second kappa shape index (κ2) is 12.4. The fourth-order valence-corrected chi connectivity index (χ4v) is 1.43. The molecule has 0 aliphatic heterocycles. The fraction of sp³-hybridized carbons (Fsp3) is 0.846. The zero-order valence-corrected chi connectivity index (χ0v) is 11.2. The molecule has 0 atom stereocenters. The molecule has 0 saturated heterocycles. The Balaban J connectivity index is 3.17. The van der Waals surface area contributed by atoms with E-state index in [2.05, 4.69) is 4.89 Å². The number of carboxylic acid groups (broad SMARTS) is 1. The van der Waals surface area contributed by atoms with Crippen LogP contribution < -0.4 is 0 Å². The molecule has 0 aliphatic rings. The van der Waals surface area contributed by atoms with Gasteiger partial charge in [-0.25, -0.2) is 4.79 Å². The van der Waals surface area contributed by atoms with Crippen LogP contribution in [0.3, 0.4) is 0 Å². The molecule has 0 bridgehead atoms. The topological polar surface area (TPSA) is 72.8 Å². The van der Waals surface area contributed by atoms with Gasteiger partial charge in [0.05, 0.1) is 6.61 Å². The molecule has 5 nitrogen and oxygen atoms in total. The fourth-order valence-electron chi connectivity index (χ4n) is 1.43. The van der Waals surface area contributed by atoms with E-state index in [1.54, 1.807) is 0 Å². The van der Waals surface area contributed by atoms with Crippen LogP contribution in [-0.4, -0.2) is 23.7 Å². The minimum atomic E-state index is -0.747. The van der Waals surface area contributed by atoms with Crippen LogP contribution in [0.15, 0.2) is 0 Å². The minimum Gasteiger partial charge on any atom is -0.481 e. The van der Waals surface area contributed by atoms with Crippen molar-refractivity contribution >= 4 is 11.9 Å². The Kier molecular flexibility index (Phi) is 11.6. The van der Waals surface area contributed by atoms with E-state index in [1.807, 2.05) is 6.92 Å². The highest BCUT2D eigenvalue weighted by Crippen LogP contribution is 2.08. The molecule has 18 heavy (non-hydrogen) atoms. The molecule has 0 aromatic heterocycles. The first-order valence-electron chi connectivity index (χ1n) is 6.71. The van der Waals surface area contributed by atoms with Crippen molar-refractivity contribution in [3.05, 3.63) is 0 Å². The van der Waals surface area contributed by atoms with Gasteiger partial charge in [-0.15, -0.1) is 0 Å². The second-order valence-electron chi connectivity index (χ2n) is 4.29. The summed E-state index contributed by atoms with van der Waals surface area (Å²) in [5.41, 5.74) is 0. The summed E-state index contributed by atoms with van der Waals surface area (Å²) in [5.74, 6) is -1.07. The highest BCUT2D eigenvalue weighted by Gasteiger charge is 2.03. The Hall–Kier alpha value is -1.10. The van der Waals surface area contributed by atoms with E-state index in [4.69, 9.17) is 9.99 Å². The highest BCUT2D eigenvalue weighted by atomic mass is 17.2. The average Bonchev–Trinajstić information content (AvgIpc) is 2.33. The summed E-state index contributed by atoms with van der Waals surface area (Å²) in [6, 6.07) is 0. The van der Waals surface area contributed by atoms with Gasteiger partial charge < -0.3 is 5.11 Å². The molecule has 0 saturated carbocycles. The number of carbonyl (C=O) groups excluding carboxylic acids is 1. The maximum Gasteiger partial charge on any atom is 0.342 e. The van der Waals surface area contributed by atoms with Crippen molar-refractivity contribution in [1.82, 2.24) is 0 Å². The molecule has 0 fully saturated rings. The lowest BCUT2D eigenvalue weighted by atomic mass is 10.1. The predicted octanol–water partition coefficient (Wildman–Crippen LogP) is 3.08. The summed E-state index contributed by atoms with van der Waals surface area (Å²) >= 11 is 0. The maximum atomic E-state index is 11.2. The first kappa shape index (κ1) is 16.9. The van der Waals surface area contributed by atoms with Gasteiger partial charge >= 0.3 is 11.9 Å². The van der Waals surface area contributed by atoms with Crippen LogP contribution in [0, 0.1) is 0 Å². The van der Waals surface area contributed by atoms with E-state index in [1.165, 1.54) is 0 Å². The lowest BCUT2D eigenvalue weighted by molar-refractivity contribution is -0.272. The normalized spacial score (nSPS) is 10.3. The molecular formula is C13H24O5. The Bertz CT molecular complexity index is 227. The lowest BCUT2D eigenvalue weighted by Crippen LogP contribution is -2.06. The lowest BCUT2D eigenvalue weighted by Gasteiger charge is -2.03. The van der Waals surface area contributed by atoms with Crippen molar-refractivity contribution in [1.29, 1.82) is 0 Å². The standard InChI is InChI=1S/C13H24O5/c1-2-3-11-17-18-13(16)10-8-6-4-5-7-9-12(14)15/h2-11H2,1H3,(H,14,15). The van der Waals surface area contributed by atoms with Gasteiger partial charge in [0.2, 0.25) is 0 Å². The largest absolute Gasteiger partial charge is 0.481 e. The first-order chi connectivity index (χ1) is 8.66. The number of unbranched alkanes of at least 4 members (excludes halogenated alkanes) is 5. The van der Waals surface area contributed by atoms with E-state index in [0.29, 0.717) is 19.4 Å². The minimum absolute atomic E-state index is 0.229. The summed E-state index contributed by atoms with van der Waals surface area (Å²) < 4.78 is 0. The van der Waals surface area contributed by atoms with Crippen LogP contribution in [0.2, 0.25) is 0 Å². The molecule has 0 spiro atoms. The first-order valence-corrected chi connectivity index (χ1v) is 6.71. The quantitative estimate of drug-likeness (QED) is 0.331. The van der Waals surface area contributed by atoms with E-state index in [9.17, 15) is 9.59 Å². The molecule has 106 valence electrons. The highest BCUT2D eigenvalue weighted by molar-refractivity contribution is 5.68. The molecular weight excluding hydrogens is 236 g/mol. The Morgan fingerprint density at radius 2 is 1.56 bits per heavy atom. The van der Waals surface area contributed by atoms with Crippen LogP contribution in [-0.2, 0) is 19.4 Å². The van der Waals surface area contributed by atoms with Crippen molar-refractivity contribution < 1.29 is 24.5 Å². The summed E-state index contributed by atoms with van der Waals surface area (Å²) in [4.78, 5) is 30.7. The molecule has 1 N–H and O–H groups in total. The van der Waals surface area contributed by atoms with E-state index < -0.39 is 5.97 Å². The third kappa shape index (κ3) is 13.0. The second-order valence-corrected chi connectivity index (χ2v) is 4.29. The summed E-state index contributed by atoms with van der Waals surface area (Å²) in [7, 11) is 0. The van der Waals surface area contributed by atoms with E-state index in [-0.39, 0.29) is 12.4 Å².